The molecule has 0 aliphatic rings. The number of carbonyl (C=O) groups excluding carboxylic acids is 2. The van der Waals surface area contributed by atoms with Gasteiger partial charge >= 0.3 is 0 Å². The Bertz CT molecular complexity index is 638. The van der Waals surface area contributed by atoms with Gasteiger partial charge in [-0.3, -0.25) is 9.59 Å². The van der Waals surface area contributed by atoms with Crippen LogP contribution in [-0.4, -0.2) is 57.6 Å². The minimum absolute atomic E-state index is 0.0318. The molecule has 1 N–H and O–H groups in total. The SMILES string of the molecule is CN(C)C(=O)CCNC(=O)Cn1nnc(-c2ccccc2)n1. The van der Waals surface area contributed by atoms with E-state index < -0.39 is 0 Å². The summed E-state index contributed by atoms with van der Waals surface area (Å²) in [5, 5.41) is 14.6. The fraction of sp³-hybridized carbons (Fsp3) is 0.357. The summed E-state index contributed by atoms with van der Waals surface area (Å²) in [6, 6.07) is 9.40. The molecule has 116 valence electrons. The highest BCUT2D eigenvalue weighted by molar-refractivity contribution is 5.78. The Labute approximate surface area is 128 Å². The van der Waals surface area contributed by atoms with Crippen molar-refractivity contribution in [2.24, 2.45) is 0 Å². The lowest BCUT2D eigenvalue weighted by Gasteiger charge is -2.10. The fourth-order valence-corrected chi connectivity index (χ4v) is 1.73. The third-order valence-electron chi connectivity index (χ3n) is 2.93. The maximum Gasteiger partial charge on any atom is 0.243 e. The molecule has 8 heteroatoms. The Morgan fingerprint density at radius 2 is 1.95 bits per heavy atom. The second-order valence-electron chi connectivity index (χ2n) is 4.90. The second-order valence-corrected chi connectivity index (χ2v) is 4.90. The zero-order chi connectivity index (χ0) is 15.9. The van der Waals surface area contributed by atoms with Crippen LogP contribution in [0.5, 0.6) is 0 Å². The van der Waals surface area contributed by atoms with Gasteiger partial charge in [0.25, 0.3) is 0 Å². The third-order valence-corrected chi connectivity index (χ3v) is 2.93. The maximum absolute atomic E-state index is 11.7. The molecule has 2 rings (SSSR count). The summed E-state index contributed by atoms with van der Waals surface area (Å²) < 4.78 is 0. The van der Waals surface area contributed by atoms with Crippen LogP contribution in [0.4, 0.5) is 0 Å². The highest BCUT2D eigenvalue weighted by Gasteiger charge is 2.10. The summed E-state index contributed by atoms with van der Waals surface area (Å²) in [6.07, 6.45) is 0.263. The second kappa shape index (κ2) is 7.30. The molecule has 0 aliphatic heterocycles. The van der Waals surface area contributed by atoms with Gasteiger partial charge in [-0.05, 0) is 5.21 Å². The molecule has 0 spiro atoms. The van der Waals surface area contributed by atoms with Gasteiger partial charge in [0, 0.05) is 32.6 Å². The van der Waals surface area contributed by atoms with E-state index in [1.54, 1.807) is 14.1 Å². The molecule has 0 atom stereocenters. The minimum atomic E-state index is -0.261. The zero-order valence-electron chi connectivity index (χ0n) is 12.6. The van der Waals surface area contributed by atoms with Crippen LogP contribution >= 0.6 is 0 Å². The number of amides is 2. The Morgan fingerprint density at radius 1 is 1.23 bits per heavy atom. The van der Waals surface area contributed by atoms with Gasteiger partial charge in [0.1, 0.15) is 6.54 Å². The number of hydrogen-bond acceptors (Lipinski definition) is 5. The van der Waals surface area contributed by atoms with E-state index in [1.807, 2.05) is 30.3 Å². The van der Waals surface area contributed by atoms with Gasteiger partial charge in [0.15, 0.2) is 0 Å². The molecule has 0 unspecified atom stereocenters. The minimum Gasteiger partial charge on any atom is -0.354 e. The first-order chi connectivity index (χ1) is 10.6. The molecule has 8 nitrogen and oxygen atoms in total. The van der Waals surface area contributed by atoms with Crippen molar-refractivity contribution in [2.45, 2.75) is 13.0 Å². The van der Waals surface area contributed by atoms with Gasteiger partial charge in [-0.1, -0.05) is 30.3 Å². The van der Waals surface area contributed by atoms with E-state index >= 15 is 0 Å². The first-order valence-electron chi connectivity index (χ1n) is 6.86. The fourth-order valence-electron chi connectivity index (χ4n) is 1.73. The average molecular weight is 302 g/mol. The number of carbonyl (C=O) groups is 2. The number of rotatable bonds is 6. The van der Waals surface area contributed by atoms with Crippen molar-refractivity contribution in [2.75, 3.05) is 20.6 Å². The van der Waals surface area contributed by atoms with Gasteiger partial charge in [0.05, 0.1) is 0 Å². The number of nitrogens with zero attached hydrogens (tertiary/aromatic N) is 5. The third kappa shape index (κ3) is 4.37. The number of tetrazole rings is 1. The molecular formula is C14H18N6O2. The van der Waals surface area contributed by atoms with E-state index in [1.165, 1.54) is 9.70 Å². The van der Waals surface area contributed by atoms with E-state index in [2.05, 4.69) is 20.7 Å². The first-order valence-corrected chi connectivity index (χ1v) is 6.86. The van der Waals surface area contributed by atoms with Crippen molar-refractivity contribution in [3.63, 3.8) is 0 Å². The Kier molecular flexibility index (Phi) is 5.18. The van der Waals surface area contributed by atoms with Crippen molar-refractivity contribution >= 4 is 11.8 Å². The van der Waals surface area contributed by atoms with Crippen molar-refractivity contribution in [1.82, 2.24) is 30.4 Å². The van der Waals surface area contributed by atoms with Crippen LogP contribution in [0.25, 0.3) is 11.4 Å². The summed E-state index contributed by atoms with van der Waals surface area (Å²) in [4.78, 5) is 25.8. The number of nitrogens with one attached hydrogen (secondary N) is 1. The van der Waals surface area contributed by atoms with Crippen LogP contribution in [0.3, 0.4) is 0 Å². The van der Waals surface area contributed by atoms with E-state index in [-0.39, 0.29) is 31.3 Å². The van der Waals surface area contributed by atoms with Crippen LogP contribution in [-0.2, 0) is 16.1 Å². The molecule has 0 bridgehead atoms. The molecule has 1 aromatic heterocycles. The summed E-state index contributed by atoms with van der Waals surface area (Å²) in [5.41, 5.74) is 0.839. The standard InChI is InChI=1S/C14H18N6O2/c1-19(2)13(22)8-9-15-12(21)10-20-17-14(16-18-20)11-6-4-3-5-7-11/h3-7H,8-10H2,1-2H3,(H,15,21). The lowest BCUT2D eigenvalue weighted by Crippen LogP contribution is -2.32. The van der Waals surface area contributed by atoms with Gasteiger partial charge in [-0.25, -0.2) is 0 Å². The molecule has 22 heavy (non-hydrogen) atoms. The van der Waals surface area contributed by atoms with Crippen molar-refractivity contribution in [1.29, 1.82) is 0 Å². The van der Waals surface area contributed by atoms with Crippen LogP contribution in [0, 0.1) is 0 Å². The molecule has 0 saturated heterocycles. The molecular weight excluding hydrogens is 284 g/mol. The van der Waals surface area contributed by atoms with E-state index in [9.17, 15) is 9.59 Å². The predicted octanol–water partition coefficient (Wildman–Crippen LogP) is -0.0654. The quantitative estimate of drug-likeness (QED) is 0.806. The molecule has 0 saturated carbocycles. The van der Waals surface area contributed by atoms with Gasteiger partial charge < -0.3 is 10.2 Å². The van der Waals surface area contributed by atoms with Crippen LogP contribution in [0.2, 0.25) is 0 Å². The number of hydrogen-bond donors (Lipinski definition) is 1. The number of aromatic nitrogens is 4. The topological polar surface area (TPSA) is 93.0 Å². The van der Waals surface area contributed by atoms with Gasteiger partial charge in [-0.15, -0.1) is 10.2 Å². The monoisotopic (exact) mass is 302 g/mol. The van der Waals surface area contributed by atoms with Crippen LogP contribution in [0.15, 0.2) is 30.3 Å². The summed E-state index contributed by atoms with van der Waals surface area (Å²) >= 11 is 0. The summed E-state index contributed by atoms with van der Waals surface area (Å²) in [7, 11) is 3.35. The Morgan fingerprint density at radius 3 is 2.64 bits per heavy atom. The zero-order valence-corrected chi connectivity index (χ0v) is 12.6. The van der Waals surface area contributed by atoms with Crippen molar-refractivity contribution < 1.29 is 9.59 Å². The largest absolute Gasteiger partial charge is 0.354 e. The van der Waals surface area contributed by atoms with Crippen molar-refractivity contribution in [3.8, 4) is 11.4 Å². The maximum atomic E-state index is 11.7. The van der Waals surface area contributed by atoms with Gasteiger partial charge in [0.2, 0.25) is 17.6 Å². The van der Waals surface area contributed by atoms with Gasteiger partial charge in [-0.2, -0.15) is 4.80 Å². The van der Waals surface area contributed by atoms with E-state index in [0.717, 1.165) is 5.56 Å². The van der Waals surface area contributed by atoms with Crippen molar-refractivity contribution in [3.05, 3.63) is 30.3 Å². The lowest BCUT2D eigenvalue weighted by molar-refractivity contribution is -0.128. The smallest absolute Gasteiger partial charge is 0.243 e. The van der Waals surface area contributed by atoms with Crippen LogP contribution in [0.1, 0.15) is 6.42 Å². The highest BCUT2D eigenvalue weighted by atomic mass is 16.2. The van der Waals surface area contributed by atoms with E-state index in [4.69, 9.17) is 0 Å². The molecule has 2 amide bonds. The predicted molar refractivity (Wildman–Crippen MR) is 79.6 cm³/mol. The molecule has 1 heterocycles. The Balaban J connectivity index is 1.83. The van der Waals surface area contributed by atoms with Crippen LogP contribution < -0.4 is 5.32 Å². The summed E-state index contributed by atoms with van der Waals surface area (Å²) in [5.74, 6) is 0.172. The normalized spacial score (nSPS) is 10.3. The highest BCUT2D eigenvalue weighted by Crippen LogP contribution is 2.11. The molecule has 1 aromatic carbocycles. The summed E-state index contributed by atoms with van der Waals surface area (Å²) in [6.45, 7) is 0.256. The molecule has 0 aliphatic carbocycles. The Hall–Kier alpha value is -2.77. The molecule has 2 aromatic rings. The molecule has 0 radical (unpaired) electrons. The lowest BCUT2D eigenvalue weighted by atomic mass is 10.2. The average Bonchev–Trinajstić information content (AvgIpc) is 2.96. The van der Waals surface area contributed by atoms with E-state index in [0.29, 0.717) is 5.82 Å². The number of benzene rings is 1. The molecule has 0 fully saturated rings. The first kappa shape index (κ1) is 15.6.